The van der Waals surface area contributed by atoms with Crippen LogP contribution in [0, 0.1) is 0 Å². The van der Waals surface area contributed by atoms with Gasteiger partial charge in [0.2, 0.25) is 10.0 Å². The highest BCUT2D eigenvalue weighted by Crippen LogP contribution is 2.34. The molecule has 1 aliphatic heterocycles. The maximum Gasteiger partial charge on any atom is 0.246 e. The Bertz CT molecular complexity index is 598. The van der Waals surface area contributed by atoms with Crippen molar-refractivity contribution in [1.29, 1.82) is 0 Å². The lowest BCUT2D eigenvalue weighted by Gasteiger charge is -2.37. The fourth-order valence-corrected chi connectivity index (χ4v) is 5.74. The molecule has 0 amide bonds. The van der Waals surface area contributed by atoms with E-state index in [2.05, 4.69) is 36.8 Å². The predicted molar refractivity (Wildman–Crippen MR) is 87.1 cm³/mol. The second kappa shape index (κ2) is 5.92. The van der Waals surface area contributed by atoms with Crippen LogP contribution in [0.4, 0.5) is 5.69 Å². The molecule has 112 valence electrons. The molecule has 8 heteroatoms. The highest BCUT2D eigenvalue weighted by molar-refractivity contribution is 9.11. The Hall–Kier alpha value is -0.150. The number of benzene rings is 1. The van der Waals surface area contributed by atoms with E-state index in [1.807, 2.05) is 14.0 Å². The van der Waals surface area contributed by atoms with E-state index in [1.165, 1.54) is 4.31 Å². The molecule has 0 spiro atoms. The summed E-state index contributed by atoms with van der Waals surface area (Å²) in [5.41, 5.74) is 6.15. The zero-order valence-corrected chi connectivity index (χ0v) is 15.3. The summed E-state index contributed by atoms with van der Waals surface area (Å²) in [7, 11) is -1.58. The molecule has 0 saturated carbocycles. The summed E-state index contributed by atoms with van der Waals surface area (Å²) in [6.45, 7) is 3.68. The molecule has 1 unspecified atom stereocenters. The minimum atomic E-state index is -3.58. The van der Waals surface area contributed by atoms with Gasteiger partial charge in [0.1, 0.15) is 4.90 Å². The predicted octanol–water partition coefficient (Wildman–Crippen LogP) is 2.12. The highest BCUT2D eigenvalue weighted by Gasteiger charge is 2.33. The Labute approximate surface area is 136 Å². The van der Waals surface area contributed by atoms with Gasteiger partial charge in [0.25, 0.3) is 0 Å². The number of piperazine rings is 1. The smallest absolute Gasteiger partial charge is 0.246 e. The van der Waals surface area contributed by atoms with Gasteiger partial charge in [-0.1, -0.05) is 15.9 Å². The molecular formula is C12H17Br2N3O2S. The molecule has 2 rings (SSSR count). The zero-order chi connectivity index (χ0) is 15.1. The Balaban J connectivity index is 2.41. The first kappa shape index (κ1) is 16.2. The molecule has 0 aliphatic carbocycles. The van der Waals surface area contributed by atoms with Crippen LogP contribution < -0.4 is 5.73 Å². The summed E-state index contributed by atoms with van der Waals surface area (Å²) in [6, 6.07) is 3.49. The van der Waals surface area contributed by atoms with Gasteiger partial charge < -0.3 is 10.6 Å². The van der Waals surface area contributed by atoms with Gasteiger partial charge >= 0.3 is 0 Å². The minimum absolute atomic E-state index is 0.150. The normalized spacial score (nSPS) is 22.1. The van der Waals surface area contributed by atoms with Gasteiger partial charge in [-0.3, -0.25) is 0 Å². The van der Waals surface area contributed by atoms with Crippen molar-refractivity contribution < 1.29 is 8.42 Å². The van der Waals surface area contributed by atoms with Gasteiger partial charge in [-0.2, -0.15) is 4.31 Å². The third-order valence-corrected chi connectivity index (χ3v) is 6.89. The lowest BCUT2D eigenvalue weighted by molar-refractivity contribution is 0.159. The molecule has 1 atom stereocenters. The van der Waals surface area contributed by atoms with Gasteiger partial charge in [-0.25, -0.2) is 8.42 Å². The van der Waals surface area contributed by atoms with E-state index >= 15 is 0 Å². The number of nitrogen functional groups attached to an aromatic ring is 1. The number of nitrogens with two attached hydrogens (primary N) is 1. The van der Waals surface area contributed by atoms with Crippen LogP contribution in [0.15, 0.2) is 26.0 Å². The Morgan fingerprint density at radius 3 is 2.50 bits per heavy atom. The molecule has 0 bridgehead atoms. The van der Waals surface area contributed by atoms with Gasteiger partial charge in [-0.05, 0) is 42.0 Å². The summed E-state index contributed by atoms with van der Waals surface area (Å²) < 4.78 is 28.3. The quantitative estimate of drug-likeness (QED) is 0.735. The van der Waals surface area contributed by atoms with Gasteiger partial charge in [0.05, 0.1) is 5.69 Å². The fraction of sp³-hybridized carbons (Fsp3) is 0.500. The van der Waals surface area contributed by atoms with Crippen LogP contribution in [0.25, 0.3) is 0 Å². The zero-order valence-electron chi connectivity index (χ0n) is 11.3. The van der Waals surface area contributed by atoms with E-state index in [0.717, 1.165) is 4.47 Å². The number of rotatable bonds is 2. The monoisotopic (exact) mass is 425 g/mol. The van der Waals surface area contributed by atoms with Crippen molar-refractivity contribution in [2.45, 2.75) is 17.9 Å². The van der Waals surface area contributed by atoms with E-state index < -0.39 is 10.0 Å². The van der Waals surface area contributed by atoms with E-state index in [4.69, 9.17) is 5.73 Å². The van der Waals surface area contributed by atoms with Crippen molar-refractivity contribution >= 4 is 47.6 Å². The van der Waals surface area contributed by atoms with Crippen molar-refractivity contribution in [1.82, 2.24) is 9.21 Å². The number of sulfonamides is 1. The van der Waals surface area contributed by atoms with Crippen LogP contribution in [0.3, 0.4) is 0 Å². The molecule has 0 aromatic heterocycles. The van der Waals surface area contributed by atoms with Crippen LogP contribution in [0.5, 0.6) is 0 Å². The molecule has 1 heterocycles. The number of nitrogens with zero attached hydrogens (tertiary/aromatic N) is 2. The maximum absolute atomic E-state index is 12.8. The summed E-state index contributed by atoms with van der Waals surface area (Å²) in [5.74, 6) is 0. The Kier molecular flexibility index (Phi) is 4.80. The number of likely N-dealkylation sites (N-methyl/N-ethyl adjacent to an activating group) is 1. The third kappa shape index (κ3) is 3.04. The lowest BCUT2D eigenvalue weighted by Crippen LogP contribution is -2.51. The molecule has 5 nitrogen and oxygen atoms in total. The topological polar surface area (TPSA) is 66.6 Å². The molecule has 1 fully saturated rings. The minimum Gasteiger partial charge on any atom is -0.398 e. The summed E-state index contributed by atoms with van der Waals surface area (Å²) in [5, 5.41) is 0. The second-order valence-corrected chi connectivity index (χ2v) is 8.64. The number of anilines is 1. The lowest BCUT2D eigenvalue weighted by atomic mass is 10.2. The molecule has 1 aromatic carbocycles. The van der Waals surface area contributed by atoms with Crippen molar-refractivity contribution in [2.24, 2.45) is 0 Å². The summed E-state index contributed by atoms with van der Waals surface area (Å²) >= 11 is 6.60. The van der Waals surface area contributed by atoms with E-state index in [-0.39, 0.29) is 16.6 Å². The third-order valence-electron chi connectivity index (χ3n) is 3.56. The van der Waals surface area contributed by atoms with Gasteiger partial charge in [0, 0.05) is 34.6 Å². The van der Waals surface area contributed by atoms with Crippen LogP contribution in [0.2, 0.25) is 0 Å². The number of halogens is 2. The summed E-state index contributed by atoms with van der Waals surface area (Å²) in [4.78, 5) is 2.30. The van der Waals surface area contributed by atoms with Crippen LogP contribution in [-0.4, -0.2) is 50.3 Å². The van der Waals surface area contributed by atoms with Crippen molar-refractivity contribution in [3.05, 3.63) is 21.1 Å². The molecule has 20 heavy (non-hydrogen) atoms. The first-order valence-electron chi connectivity index (χ1n) is 6.18. The van der Waals surface area contributed by atoms with E-state index in [0.29, 0.717) is 24.1 Å². The molecule has 1 aromatic rings. The standard InChI is InChI=1S/C12H17Br2N3O2S/c1-8-7-17(4-3-16(8)2)20(18,19)12-10(14)5-9(13)6-11(12)15/h5-6,8H,3-4,7,15H2,1-2H3. The van der Waals surface area contributed by atoms with Gasteiger partial charge in [0.15, 0.2) is 0 Å². The first-order chi connectivity index (χ1) is 9.23. The molecule has 1 aliphatic rings. The maximum atomic E-state index is 12.8. The van der Waals surface area contributed by atoms with Crippen LogP contribution >= 0.6 is 31.9 Å². The van der Waals surface area contributed by atoms with Crippen molar-refractivity contribution in [2.75, 3.05) is 32.4 Å². The Morgan fingerprint density at radius 1 is 1.30 bits per heavy atom. The largest absolute Gasteiger partial charge is 0.398 e. The van der Waals surface area contributed by atoms with Gasteiger partial charge in [-0.15, -0.1) is 0 Å². The van der Waals surface area contributed by atoms with Crippen molar-refractivity contribution in [3.8, 4) is 0 Å². The SMILES string of the molecule is CC1CN(S(=O)(=O)c2c(N)cc(Br)cc2Br)CCN1C. The fourth-order valence-electron chi connectivity index (χ4n) is 2.21. The summed E-state index contributed by atoms with van der Waals surface area (Å²) in [6.07, 6.45) is 0. The Morgan fingerprint density at radius 2 is 1.95 bits per heavy atom. The average molecular weight is 427 g/mol. The first-order valence-corrected chi connectivity index (χ1v) is 9.21. The van der Waals surface area contributed by atoms with E-state index in [9.17, 15) is 8.42 Å². The highest BCUT2D eigenvalue weighted by atomic mass is 79.9. The average Bonchev–Trinajstić information content (AvgIpc) is 2.30. The molecular weight excluding hydrogens is 410 g/mol. The number of hydrogen-bond donors (Lipinski definition) is 1. The van der Waals surface area contributed by atoms with Crippen LogP contribution in [-0.2, 0) is 10.0 Å². The molecule has 1 saturated heterocycles. The molecule has 0 radical (unpaired) electrons. The van der Waals surface area contributed by atoms with E-state index in [1.54, 1.807) is 12.1 Å². The number of hydrogen-bond acceptors (Lipinski definition) is 4. The van der Waals surface area contributed by atoms with Crippen molar-refractivity contribution in [3.63, 3.8) is 0 Å². The van der Waals surface area contributed by atoms with Crippen LogP contribution in [0.1, 0.15) is 6.92 Å². The second-order valence-electron chi connectivity index (χ2n) is 5.00. The molecule has 2 N–H and O–H groups in total.